The van der Waals surface area contributed by atoms with E-state index in [1.54, 1.807) is 0 Å². The van der Waals surface area contributed by atoms with Crippen molar-refractivity contribution in [2.75, 3.05) is 27.2 Å². The molecule has 0 aliphatic carbocycles. The number of aromatic amines is 1. The number of hydrogen-bond acceptors (Lipinski definition) is 2. The SMILES string of the molecule is CCNC(=NCc1cccc(CN(C)C)c1)NCCc1c[nH]c2cc(C)ccc12. The number of H-pyrrole nitrogens is 1. The first-order valence-corrected chi connectivity index (χ1v) is 10.4. The molecule has 2 aromatic carbocycles. The first-order chi connectivity index (χ1) is 14.0. The second-order valence-electron chi connectivity index (χ2n) is 7.79. The monoisotopic (exact) mass is 391 g/mol. The normalized spacial score (nSPS) is 12.0. The van der Waals surface area contributed by atoms with E-state index < -0.39 is 0 Å². The number of rotatable bonds is 8. The van der Waals surface area contributed by atoms with Crippen molar-refractivity contribution in [2.24, 2.45) is 4.99 Å². The van der Waals surface area contributed by atoms with Gasteiger partial charge in [0.2, 0.25) is 0 Å². The van der Waals surface area contributed by atoms with Gasteiger partial charge in [0.1, 0.15) is 0 Å². The van der Waals surface area contributed by atoms with E-state index in [0.717, 1.165) is 32.0 Å². The van der Waals surface area contributed by atoms with Crippen molar-refractivity contribution < 1.29 is 0 Å². The van der Waals surface area contributed by atoms with E-state index in [4.69, 9.17) is 4.99 Å². The van der Waals surface area contributed by atoms with Crippen LogP contribution in [0.5, 0.6) is 0 Å². The molecule has 3 N–H and O–H groups in total. The van der Waals surface area contributed by atoms with Gasteiger partial charge in [-0.3, -0.25) is 0 Å². The molecule has 3 aromatic rings. The average Bonchev–Trinajstić information content (AvgIpc) is 3.08. The van der Waals surface area contributed by atoms with Gasteiger partial charge in [-0.15, -0.1) is 0 Å². The highest BCUT2D eigenvalue weighted by atomic mass is 15.2. The van der Waals surface area contributed by atoms with Crippen molar-refractivity contribution in [3.8, 4) is 0 Å². The fraction of sp³-hybridized carbons (Fsp3) is 0.375. The Morgan fingerprint density at radius 3 is 2.69 bits per heavy atom. The number of aromatic nitrogens is 1. The van der Waals surface area contributed by atoms with Gasteiger partial charge in [0, 0.05) is 36.7 Å². The van der Waals surface area contributed by atoms with Gasteiger partial charge in [-0.25, -0.2) is 4.99 Å². The third kappa shape index (κ3) is 6.09. The number of hydrogen-bond donors (Lipinski definition) is 3. The molecule has 0 aliphatic heterocycles. The Bertz CT molecular complexity index is 955. The summed E-state index contributed by atoms with van der Waals surface area (Å²) in [7, 11) is 4.18. The van der Waals surface area contributed by atoms with E-state index in [1.165, 1.54) is 33.2 Å². The molecule has 0 amide bonds. The molecular weight excluding hydrogens is 358 g/mol. The number of fused-ring (bicyclic) bond motifs is 1. The van der Waals surface area contributed by atoms with Gasteiger partial charge in [-0.1, -0.05) is 36.4 Å². The van der Waals surface area contributed by atoms with E-state index in [9.17, 15) is 0 Å². The van der Waals surface area contributed by atoms with Crippen molar-refractivity contribution in [1.29, 1.82) is 0 Å². The molecule has 0 aliphatic rings. The van der Waals surface area contributed by atoms with Gasteiger partial charge in [0.25, 0.3) is 0 Å². The summed E-state index contributed by atoms with van der Waals surface area (Å²) in [5.74, 6) is 0.862. The minimum Gasteiger partial charge on any atom is -0.361 e. The van der Waals surface area contributed by atoms with Crippen LogP contribution in [-0.4, -0.2) is 43.0 Å². The van der Waals surface area contributed by atoms with Gasteiger partial charge in [0.05, 0.1) is 6.54 Å². The quantitative estimate of drug-likeness (QED) is 0.404. The molecule has 1 aromatic heterocycles. The van der Waals surface area contributed by atoms with Crippen LogP contribution in [-0.2, 0) is 19.5 Å². The highest BCUT2D eigenvalue weighted by Crippen LogP contribution is 2.19. The molecule has 0 unspecified atom stereocenters. The van der Waals surface area contributed by atoms with Crippen LogP contribution in [0.2, 0.25) is 0 Å². The molecule has 0 spiro atoms. The van der Waals surface area contributed by atoms with Gasteiger partial charge in [-0.2, -0.15) is 0 Å². The number of aryl methyl sites for hydroxylation is 1. The molecule has 0 saturated carbocycles. The van der Waals surface area contributed by atoms with Crippen LogP contribution in [0.3, 0.4) is 0 Å². The zero-order valence-electron chi connectivity index (χ0n) is 18.0. The van der Waals surface area contributed by atoms with Crippen molar-refractivity contribution >= 4 is 16.9 Å². The van der Waals surface area contributed by atoms with Gasteiger partial charge < -0.3 is 20.5 Å². The molecule has 0 saturated heterocycles. The molecule has 5 heteroatoms. The second-order valence-corrected chi connectivity index (χ2v) is 7.79. The lowest BCUT2D eigenvalue weighted by molar-refractivity contribution is 0.402. The average molecular weight is 392 g/mol. The Balaban J connectivity index is 1.59. The third-order valence-corrected chi connectivity index (χ3v) is 4.86. The molecule has 0 bridgehead atoms. The van der Waals surface area contributed by atoms with Crippen LogP contribution in [0.4, 0.5) is 0 Å². The number of nitrogens with one attached hydrogen (secondary N) is 3. The summed E-state index contributed by atoms with van der Waals surface area (Å²) in [5, 5.41) is 8.12. The summed E-state index contributed by atoms with van der Waals surface area (Å²) in [6, 6.07) is 15.2. The Kier molecular flexibility index (Phi) is 7.30. The Morgan fingerprint density at radius 2 is 1.90 bits per heavy atom. The van der Waals surface area contributed by atoms with E-state index in [0.29, 0.717) is 6.54 Å². The lowest BCUT2D eigenvalue weighted by Gasteiger charge is -2.12. The zero-order valence-corrected chi connectivity index (χ0v) is 18.0. The first kappa shape index (κ1) is 20.9. The summed E-state index contributed by atoms with van der Waals surface area (Å²) < 4.78 is 0. The maximum atomic E-state index is 4.77. The maximum Gasteiger partial charge on any atom is 0.191 e. The number of aliphatic imine (C=N–C) groups is 1. The number of benzene rings is 2. The summed E-state index contributed by atoms with van der Waals surface area (Å²) in [4.78, 5) is 10.3. The minimum atomic E-state index is 0.670. The smallest absolute Gasteiger partial charge is 0.191 e. The first-order valence-electron chi connectivity index (χ1n) is 10.4. The predicted octanol–water partition coefficient (Wildman–Crippen LogP) is 3.84. The molecule has 0 fully saturated rings. The highest BCUT2D eigenvalue weighted by Gasteiger charge is 2.05. The second kappa shape index (κ2) is 10.1. The van der Waals surface area contributed by atoms with Crippen LogP contribution in [0, 0.1) is 6.92 Å². The Hall–Kier alpha value is -2.79. The van der Waals surface area contributed by atoms with Crippen molar-refractivity contribution in [2.45, 2.75) is 33.4 Å². The van der Waals surface area contributed by atoms with Crippen molar-refractivity contribution in [1.82, 2.24) is 20.5 Å². The number of guanidine groups is 1. The van der Waals surface area contributed by atoms with E-state index in [2.05, 4.69) is 97.1 Å². The number of nitrogens with zero attached hydrogens (tertiary/aromatic N) is 2. The van der Waals surface area contributed by atoms with Crippen LogP contribution in [0.1, 0.15) is 29.2 Å². The Morgan fingerprint density at radius 1 is 1.07 bits per heavy atom. The molecule has 3 rings (SSSR count). The third-order valence-electron chi connectivity index (χ3n) is 4.86. The molecule has 5 nitrogen and oxygen atoms in total. The zero-order chi connectivity index (χ0) is 20.6. The van der Waals surface area contributed by atoms with E-state index in [-0.39, 0.29) is 0 Å². The van der Waals surface area contributed by atoms with Gasteiger partial charge in [0.15, 0.2) is 5.96 Å². The van der Waals surface area contributed by atoms with Crippen LogP contribution >= 0.6 is 0 Å². The fourth-order valence-corrected chi connectivity index (χ4v) is 3.53. The van der Waals surface area contributed by atoms with Crippen LogP contribution in [0.15, 0.2) is 53.7 Å². The fourth-order valence-electron chi connectivity index (χ4n) is 3.53. The lowest BCUT2D eigenvalue weighted by Crippen LogP contribution is -2.38. The predicted molar refractivity (Wildman–Crippen MR) is 123 cm³/mol. The largest absolute Gasteiger partial charge is 0.361 e. The topological polar surface area (TPSA) is 55.5 Å². The summed E-state index contributed by atoms with van der Waals surface area (Å²) in [6.45, 7) is 7.52. The molecule has 29 heavy (non-hydrogen) atoms. The van der Waals surface area contributed by atoms with Gasteiger partial charge in [-0.05, 0) is 62.7 Å². The van der Waals surface area contributed by atoms with E-state index in [1.807, 2.05) is 0 Å². The minimum absolute atomic E-state index is 0.670. The van der Waals surface area contributed by atoms with Crippen LogP contribution < -0.4 is 10.6 Å². The summed E-state index contributed by atoms with van der Waals surface area (Å²) in [5.41, 5.74) is 6.36. The van der Waals surface area contributed by atoms with Crippen LogP contribution in [0.25, 0.3) is 10.9 Å². The van der Waals surface area contributed by atoms with Crippen molar-refractivity contribution in [3.05, 3.63) is 70.9 Å². The highest BCUT2D eigenvalue weighted by molar-refractivity contribution is 5.84. The standard InChI is InChI=1S/C24H33N5/c1-5-25-24(28-15-19-7-6-8-20(14-19)17-29(3)4)26-12-11-21-16-27-23-13-18(2)9-10-22(21)23/h6-10,13-14,16,27H,5,11-12,15,17H2,1-4H3,(H2,25,26,28). The molecule has 0 atom stereocenters. The summed E-state index contributed by atoms with van der Waals surface area (Å²) in [6.07, 6.45) is 3.07. The maximum absolute atomic E-state index is 4.77. The Labute approximate surface area is 174 Å². The molecule has 154 valence electrons. The van der Waals surface area contributed by atoms with Crippen molar-refractivity contribution in [3.63, 3.8) is 0 Å². The lowest BCUT2D eigenvalue weighted by atomic mass is 10.1. The summed E-state index contributed by atoms with van der Waals surface area (Å²) >= 11 is 0. The van der Waals surface area contributed by atoms with Gasteiger partial charge >= 0.3 is 0 Å². The molecule has 1 heterocycles. The van der Waals surface area contributed by atoms with E-state index >= 15 is 0 Å². The molecular formula is C24H33N5. The molecule has 0 radical (unpaired) electrons.